The van der Waals surface area contributed by atoms with Crippen LogP contribution in [0.5, 0.6) is 0 Å². The lowest BCUT2D eigenvalue weighted by molar-refractivity contribution is 0.257. The summed E-state index contributed by atoms with van der Waals surface area (Å²) < 4.78 is 1.94. The van der Waals surface area contributed by atoms with Crippen molar-refractivity contribution in [2.45, 2.75) is 33.1 Å². The van der Waals surface area contributed by atoms with E-state index in [4.69, 9.17) is 5.73 Å². The average molecular weight is 265 g/mol. The second-order valence-corrected chi connectivity index (χ2v) is 5.73. The van der Waals surface area contributed by atoms with Crippen LogP contribution in [0.15, 0.2) is 0 Å². The first-order valence-electron chi connectivity index (χ1n) is 7.34. The fraction of sp³-hybridized carbons (Fsp3) is 0.786. The van der Waals surface area contributed by atoms with Gasteiger partial charge >= 0.3 is 0 Å². The average Bonchev–Trinajstić information content (AvgIpc) is 2.67. The molecule has 0 aromatic carbocycles. The van der Waals surface area contributed by atoms with Gasteiger partial charge in [-0.25, -0.2) is 0 Å². The molecule has 0 unspecified atom stereocenters. The molecule has 1 aliphatic rings. The van der Waals surface area contributed by atoms with Crippen molar-refractivity contribution in [3.63, 3.8) is 0 Å². The number of aromatic nitrogens is 2. The lowest BCUT2D eigenvalue weighted by atomic mass is 10.1. The summed E-state index contributed by atoms with van der Waals surface area (Å²) in [5, 5.41) is 4.58. The highest BCUT2D eigenvalue weighted by Crippen LogP contribution is 2.31. The van der Waals surface area contributed by atoms with Gasteiger partial charge < -0.3 is 10.6 Å². The molecule has 1 aromatic rings. The molecule has 0 atom stereocenters. The summed E-state index contributed by atoms with van der Waals surface area (Å²) in [6.07, 6.45) is 1.23. The molecular formula is C14H27N5. The van der Waals surface area contributed by atoms with Gasteiger partial charge in [0.2, 0.25) is 0 Å². The molecule has 2 N–H and O–H groups in total. The Hall–Kier alpha value is -1.23. The van der Waals surface area contributed by atoms with Crippen molar-refractivity contribution in [2.24, 2.45) is 7.05 Å². The van der Waals surface area contributed by atoms with Gasteiger partial charge in [-0.15, -0.1) is 0 Å². The summed E-state index contributed by atoms with van der Waals surface area (Å²) in [4.78, 5) is 4.90. The third kappa shape index (κ3) is 2.86. The molecular weight excluding hydrogens is 238 g/mol. The van der Waals surface area contributed by atoms with Crippen LogP contribution < -0.4 is 10.6 Å². The Kier molecular flexibility index (Phi) is 4.34. The topological polar surface area (TPSA) is 50.3 Å². The number of nitrogens with two attached hydrogens (primary N) is 1. The SMILES string of the molecule is CCCN1CCN(c2c(N)c(C(C)C)nn2C)CC1. The molecule has 1 aliphatic heterocycles. The zero-order valence-corrected chi connectivity index (χ0v) is 12.7. The van der Waals surface area contributed by atoms with Gasteiger partial charge in [0.25, 0.3) is 0 Å². The maximum absolute atomic E-state index is 6.29. The van der Waals surface area contributed by atoms with E-state index in [0.717, 1.165) is 43.4 Å². The molecule has 0 aliphatic carbocycles. The zero-order chi connectivity index (χ0) is 14.0. The van der Waals surface area contributed by atoms with Crippen molar-refractivity contribution < 1.29 is 0 Å². The van der Waals surface area contributed by atoms with Crippen LogP contribution in [0.4, 0.5) is 11.5 Å². The van der Waals surface area contributed by atoms with Gasteiger partial charge in [0.15, 0.2) is 5.82 Å². The van der Waals surface area contributed by atoms with Crippen LogP contribution in [0.3, 0.4) is 0 Å². The monoisotopic (exact) mass is 265 g/mol. The fourth-order valence-corrected chi connectivity index (χ4v) is 2.85. The van der Waals surface area contributed by atoms with Gasteiger partial charge in [-0.05, 0) is 18.9 Å². The summed E-state index contributed by atoms with van der Waals surface area (Å²) in [7, 11) is 2.00. The van der Waals surface area contributed by atoms with Crippen LogP contribution in [0.1, 0.15) is 38.8 Å². The fourth-order valence-electron chi connectivity index (χ4n) is 2.85. The number of hydrogen-bond donors (Lipinski definition) is 1. The summed E-state index contributed by atoms with van der Waals surface area (Å²) in [6, 6.07) is 0. The number of aryl methyl sites for hydroxylation is 1. The molecule has 0 bridgehead atoms. The normalized spacial score (nSPS) is 17.4. The molecule has 108 valence electrons. The van der Waals surface area contributed by atoms with E-state index >= 15 is 0 Å². The summed E-state index contributed by atoms with van der Waals surface area (Å²) in [5.41, 5.74) is 8.17. The number of anilines is 2. The molecule has 0 amide bonds. The maximum Gasteiger partial charge on any atom is 0.150 e. The summed E-state index contributed by atoms with van der Waals surface area (Å²) in [5.74, 6) is 1.47. The van der Waals surface area contributed by atoms with E-state index in [1.54, 1.807) is 0 Å². The standard InChI is InChI=1S/C14H27N5/c1-5-6-18-7-9-19(10-8-18)14-12(15)13(11(2)3)16-17(14)4/h11H,5-10,15H2,1-4H3. The van der Waals surface area contributed by atoms with Crippen LogP contribution in [0.25, 0.3) is 0 Å². The van der Waals surface area contributed by atoms with Crippen molar-refractivity contribution in [3.05, 3.63) is 5.69 Å². The van der Waals surface area contributed by atoms with E-state index in [9.17, 15) is 0 Å². The van der Waals surface area contributed by atoms with Gasteiger partial charge in [0.05, 0.1) is 11.4 Å². The minimum absolute atomic E-state index is 0.376. The van der Waals surface area contributed by atoms with E-state index in [1.165, 1.54) is 13.0 Å². The number of rotatable bonds is 4. The first-order valence-corrected chi connectivity index (χ1v) is 7.34. The third-order valence-electron chi connectivity index (χ3n) is 3.84. The van der Waals surface area contributed by atoms with Crippen molar-refractivity contribution in [1.82, 2.24) is 14.7 Å². The van der Waals surface area contributed by atoms with E-state index in [0.29, 0.717) is 5.92 Å². The lowest BCUT2D eigenvalue weighted by Crippen LogP contribution is -2.47. The molecule has 1 saturated heterocycles. The van der Waals surface area contributed by atoms with Crippen LogP contribution in [-0.4, -0.2) is 47.4 Å². The third-order valence-corrected chi connectivity index (χ3v) is 3.84. The molecule has 5 nitrogen and oxygen atoms in total. The predicted octanol–water partition coefficient (Wildman–Crippen LogP) is 1.66. The molecule has 5 heteroatoms. The minimum Gasteiger partial charge on any atom is -0.394 e. The molecule has 2 rings (SSSR count). The van der Waals surface area contributed by atoms with Crippen molar-refractivity contribution in [2.75, 3.05) is 43.4 Å². The van der Waals surface area contributed by atoms with E-state index in [2.05, 4.69) is 35.7 Å². The Morgan fingerprint density at radius 1 is 1.21 bits per heavy atom. The molecule has 1 aromatic heterocycles. The Morgan fingerprint density at radius 3 is 2.32 bits per heavy atom. The highest BCUT2D eigenvalue weighted by Gasteiger charge is 2.24. The van der Waals surface area contributed by atoms with Gasteiger partial charge in [0, 0.05) is 33.2 Å². The van der Waals surface area contributed by atoms with Crippen LogP contribution >= 0.6 is 0 Å². The lowest BCUT2D eigenvalue weighted by Gasteiger charge is -2.35. The number of piperazine rings is 1. The first kappa shape index (κ1) is 14.2. The van der Waals surface area contributed by atoms with E-state index in [-0.39, 0.29) is 0 Å². The molecule has 1 fully saturated rings. The van der Waals surface area contributed by atoms with Gasteiger partial charge in [-0.3, -0.25) is 9.58 Å². The van der Waals surface area contributed by atoms with Crippen LogP contribution in [0.2, 0.25) is 0 Å². The first-order chi connectivity index (χ1) is 9.04. The van der Waals surface area contributed by atoms with Crippen LogP contribution in [-0.2, 0) is 7.05 Å². The second kappa shape index (κ2) is 5.82. The van der Waals surface area contributed by atoms with Gasteiger partial charge in [-0.2, -0.15) is 5.10 Å². The molecule has 0 saturated carbocycles. The summed E-state index contributed by atoms with van der Waals surface area (Å²) in [6.45, 7) is 12.0. The second-order valence-electron chi connectivity index (χ2n) is 5.73. The van der Waals surface area contributed by atoms with Gasteiger partial charge in [-0.1, -0.05) is 20.8 Å². The summed E-state index contributed by atoms with van der Waals surface area (Å²) >= 11 is 0. The zero-order valence-electron chi connectivity index (χ0n) is 12.7. The highest BCUT2D eigenvalue weighted by atomic mass is 15.4. The maximum atomic E-state index is 6.29. The molecule has 2 heterocycles. The Bertz CT molecular complexity index is 416. The Balaban J connectivity index is 2.11. The van der Waals surface area contributed by atoms with E-state index < -0.39 is 0 Å². The van der Waals surface area contributed by atoms with E-state index in [1.807, 2.05) is 11.7 Å². The predicted molar refractivity (Wildman–Crippen MR) is 80.7 cm³/mol. The molecule has 0 spiro atoms. The molecule has 19 heavy (non-hydrogen) atoms. The van der Waals surface area contributed by atoms with Crippen molar-refractivity contribution >= 4 is 11.5 Å². The smallest absolute Gasteiger partial charge is 0.150 e. The quantitative estimate of drug-likeness (QED) is 0.899. The number of nitrogen functional groups attached to an aromatic ring is 1. The minimum atomic E-state index is 0.376. The largest absolute Gasteiger partial charge is 0.394 e. The van der Waals surface area contributed by atoms with Crippen LogP contribution in [0, 0.1) is 0 Å². The molecule has 0 radical (unpaired) electrons. The Labute approximate surface area is 116 Å². The number of nitrogens with zero attached hydrogens (tertiary/aromatic N) is 4. The van der Waals surface area contributed by atoms with Crippen molar-refractivity contribution in [3.8, 4) is 0 Å². The number of hydrogen-bond acceptors (Lipinski definition) is 4. The van der Waals surface area contributed by atoms with Crippen molar-refractivity contribution in [1.29, 1.82) is 0 Å². The van der Waals surface area contributed by atoms with Gasteiger partial charge in [0.1, 0.15) is 0 Å². The Morgan fingerprint density at radius 2 is 1.84 bits per heavy atom. The highest BCUT2D eigenvalue weighted by molar-refractivity contribution is 5.67.